The van der Waals surface area contributed by atoms with Crippen molar-refractivity contribution >= 4 is 28.2 Å². The van der Waals surface area contributed by atoms with Gasteiger partial charge in [0.2, 0.25) is 0 Å². The van der Waals surface area contributed by atoms with Crippen LogP contribution in [0.15, 0.2) is 46.2 Å². The molecule has 0 radical (unpaired) electrons. The first-order chi connectivity index (χ1) is 11.2. The Morgan fingerprint density at radius 1 is 1.35 bits per heavy atom. The highest BCUT2D eigenvalue weighted by molar-refractivity contribution is 7.10. The van der Waals surface area contributed by atoms with Crippen LogP contribution in [-0.2, 0) is 5.41 Å². The maximum atomic E-state index is 12.4. The fourth-order valence-corrected chi connectivity index (χ4v) is 3.87. The summed E-state index contributed by atoms with van der Waals surface area (Å²) >= 11 is 1.76. The summed E-state index contributed by atoms with van der Waals surface area (Å²) < 4.78 is 11.0. The van der Waals surface area contributed by atoms with Gasteiger partial charge in [0.1, 0.15) is 0 Å². The molecule has 0 bridgehead atoms. The average molecular weight is 327 g/mol. The Morgan fingerprint density at radius 3 is 2.91 bits per heavy atom. The van der Waals surface area contributed by atoms with E-state index in [0.29, 0.717) is 23.6 Å². The highest BCUT2D eigenvalue weighted by atomic mass is 32.1. The van der Waals surface area contributed by atoms with E-state index >= 15 is 0 Å². The van der Waals surface area contributed by atoms with Gasteiger partial charge in [0.25, 0.3) is 5.91 Å². The molecule has 118 valence electrons. The minimum atomic E-state index is -0.175. The molecule has 5 heteroatoms. The molecule has 1 saturated carbocycles. The van der Waals surface area contributed by atoms with Crippen LogP contribution in [-0.4, -0.2) is 19.6 Å². The van der Waals surface area contributed by atoms with Crippen LogP contribution in [0.3, 0.4) is 0 Å². The maximum absolute atomic E-state index is 12.4. The quantitative estimate of drug-likeness (QED) is 0.771. The lowest BCUT2D eigenvalue weighted by Gasteiger charge is -2.13. The van der Waals surface area contributed by atoms with E-state index in [1.165, 1.54) is 4.88 Å². The van der Waals surface area contributed by atoms with Gasteiger partial charge in [0.15, 0.2) is 17.1 Å². The highest BCUT2D eigenvalue weighted by Crippen LogP contribution is 2.49. The second-order valence-electron chi connectivity index (χ2n) is 5.93. The van der Waals surface area contributed by atoms with Gasteiger partial charge in [0.05, 0.1) is 7.11 Å². The molecule has 1 fully saturated rings. The third-order valence-corrected chi connectivity index (χ3v) is 5.55. The standard InChI is InChI=1S/C18H17NO3S/c1-21-13-5-2-4-12-10-14(22-16(12)13)17(20)19-11-18(7-8-18)15-6-3-9-23-15/h2-6,9-10H,7-8,11H2,1H3,(H,19,20). The van der Waals surface area contributed by atoms with Crippen LogP contribution in [0.5, 0.6) is 5.75 Å². The van der Waals surface area contributed by atoms with Gasteiger partial charge in [-0.3, -0.25) is 4.79 Å². The van der Waals surface area contributed by atoms with Gasteiger partial charge in [0, 0.05) is 22.2 Å². The molecule has 0 saturated heterocycles. The van der Waals surface area contributed by atoms with Crippen molar-refractivity contribution in [1.29, 1.82) is 0 Å². The number of amides is 1. The Bertz CT molecular complexity index is 846. The van der Waals surface area contributed by atoms with E-state index in [4.69, 9.17) is 9.15 Å². The lowest BCUT2D eigenvalue weighted by molar-refractivity contribution is 0.0924. The molecular weight excluding hydrogens is 310 g/mol. The first-order valence-electron chi connectivity index (χ1n) is 7.61. The number of hydrogen-bond acceptors (Lipinski definition) is 4. The summed E-state index contributed by atoms with van der Waals surface area (Å²) in [6.07, 6.45) is 2.25. The number of methoxy groups -OCH3 is 1. The van der Waals surface area contributed by atoms with Gasteiger partial charge in [-0.05, 0) is 36.4 Å². The predicted octanol–water partition coefficient (Wildman–Crippen LogP) is 3.96. The third kappa shape index (κ3) is 2.51. The average Bonchev–Trinajstić information content (AvgIpc) is 3.02. The summed E-state index contributed by atoms with van der Waals surface area (Å²) in [7, 11) is 1.59. The number of furan rings is 1. The molecule has 0 atom stereocenters. The van der Waals surface area contributed by atoms with Crippen LogP contribution in [0.4, 0.5) is 0 Å². The van der Waals surface area contributed by atoms with E-state index in [-0.39, 0.29) is 11.3 Å². The summed E-state index contributed by atoms with van der Waals surface area (Å²) in [4.78, 5) is 13.8. The minimum absolute atomic E-state index is 0.132. The molecule has 1 aromatic carbocycles. The van der Waals surface area contributed by atoms with Crippen molar-refractivity contribution in [3.63, 3.8) is 0 Å². The molecular formula is C18H17NO3S. The predicted molar refractivity (Wildman–Crippen MR) is 90.3 cm³/mol. The zero-order valence-electron chi connectivity index (χ0n) is 12.8. The molecule has 23 heavy (non-hydrogen) atoms. The van der Waals surface area contributed by atoms with Crippen LogP contribution < -0.4 is 10.1 Å². The molecule has 3 aromatic rings. The summed E-state index contributed by atoms with van der Waals surface area (Å²) in [5, 5.41) is 5.98. The normalized spacial score (nSPS) is 15.5. The smallest absolute Gasteiger partial charge is 0.287 e. The monoisotopic (exact) mass is 327 g/mol. The van der Waals surface area contributed by atoms with Crippen LogP contribution in [0.1, 0.15) is 28.3 Å². The summed E-state index contributed by atoms with van der Waals surface area (Å²) in [6.45, 7) is 0.653. The molecule has 4 rings (SSSR count). The van der Waals surface area contributed by atoms with E-state index in [9.17, 15) is 4.79 Å². The molecule has 0 aliphatic heterocycles. The number of hydrogen-bond donors (Lipinski definition) is 1. The molecule has 4 nitrogen and oxygen atoms in total. The van der Waals surface area contributed by atoms with Crippen LogP contribution in [0.2, 0.25) is 0 Å². The van der Waals surface area contributed by atoms with Crippen LogP contribution >= 0.6 is 11.3 Å². The Balaban J connectivity index is 1.52. The first kappa shape index (κ1) is 14.3. The van der Waals surface area contributed by atoms with Crippen molar-refractivity contribution < 1.29 is 13.9 Å². The van der Waals surface area contributed by atoms with Crippen LogP contribution in [0.25, 0.3) is 11.0 Å². The summed E-state index contributed by atoms with van der Waals surface area (Å²) in [6, 6.07) is 11.6. The highest BCUT2D eigenvalue weighted by Gasteiger charge is 2.45. The number of carbonyl (C=O) groups excluding carboxylic acids is 1. The van der Waals surface area contributed by atoms with Gasteiger partial charge >= 0.3 is 0 Å². The van der Waals surface area contributed by atoms with Gasteiger partial charge in [-0.15, -0.1) is 11.3 Å². The Morgan fingerprint density at radius 2 is 2.22 bits per heavy atom. The minimum Gasteiger partial charge on any atom is -0.493 e. The zero-order valence-corrected chi connectivity index (χ0v) is 13.6. The van der Waals surface area contributed by atoms with Gasteiger partial charge in [-0.2, -0.15) is 0 Å². The van der Waals surface area contributed by atoms with E-state index < -0.39 is 0 Å². The Kier molecular flexibility index (Phi) is 3.38. The first-order valence-corrected chi connectivity index (χ1v) is 8.49. The number of carbonyl (C=O) groups is 1. The SMILES string of the molecule is COc1cccc2cc(C(=O)NCC3(c4cccs4)CC3)oc12. The van der Waals surface area contributed by atoms with Crippen molar-refractivity contribution in [1.82, 2.24) is 5.32 Å². The lowest BCUT2D eigenvalue weighted by atomic mass is 10.1. The molecule has 1 N–H and O–H groups in total. The van der Waals surface area contributed by atoms with Gasteiger partial charge in [-0.25, -0.2) is 0 Å². The lowest BCUT2D eigenvalue weighted by Crippen LogP contribution is -2.31. The topological polar surface area (TPSA) is 51.5 Å². The second-order valence-corrected chi connectivity index (χ2v) is 6.88. The number of rotatable bonds is 5. The largest absolute Gasteiger partial charge is 0.493 e. The number of nitrogens with one attached hydrogen (secondary N) is 1. The summed E-state index contributed by atoms with van der Waals surface area (Å²) in [5.41, 5.74) is 0.743. The fourth-order valence-electron chi connectivity index (χ4n) is 2.89. The van der Waals surface area contributed by atoms with E-state index in [0.717, 1.165) is 18.2 Å². The molecule has 0 unspecified atom stereocenters. The van der Waals surface area contributed by atoms with Crippen molar-refractivity contribution in [2.45, 2.75) is 18.3 Å². The summed E-state index contributed by atoms with van der Waals surface area (Å²) in [5.74, 6) is 0.788. The van der Waals surface area contributed by atoms with Gasteiger partial charge in [-0.1, -0.05) is 18.2 Å². The third-order valence-electron chi connectivity index (χ3n) is 4.44. The number of benzene rings is 1. The molecule has 1 aliphatic carbocycles. The van der Waals surface area contributed by atoms with Crippen LogP contribution in [0, 0.1) is 0 Å². The van der Waals surface area contributed by atoms with Crippen molar-refractivity contribution in [2.24, 2.45) is 0 Å². The van der Waals surface area contributed by atoms with E-state index in [1.807, 2.05) is 18.2 Å². The van der Waals surface area contributed by atoms with Crippen molar-refractivity contribution in [2.75, 3.05) is 13.7 Å². The van der Waals surface area contributed by atoms with E-state index in [2.05, 4.69) is 22.8 Å². The van der Waals surface area contributed by atoms with Crippen molar-refractivity contribution in [3.8, 4) is 5.75 Å². The molecule has 1 amide bonds. The Labute approximate surface area is 138 Å². The Hall–Kier alpha value is -2.27. The molecule has 1 aliphatic rings. The van der Waals surface area contributed by atoms with Crippen molar-refractivity contribution in [3.05, 3.63) is 52.4 Å². The fraction of sp³-hybridized carbons (Fsp3) is 0.278. The molecule has 0 spiro atoms. The number of para-hydroxylation sites is 1. The maximum Gasteiger partial charge on any atom is 0.287 e. The van der Waals surface area contributed by atoms with E-state index in [1.54, 1.807) is 24.5 Å². The number of thiophene rings is 1. The van der Waals surface area contributed by atoms with Gasteiger partial charge < -0.3 is 14.5 Å². The molecule has 2 heterocycles. The molecule has 2 aromatic heterocycles. The second kappa shape index (κ2) is 5.42. The number of ether oxygens (including phenoxy) is 1. The zero-order chi connectivity index (χ0) is 15.9. The number of fused-ring (bicyclic) bond motifs is 1.